The van der Waals surface area contributed by atoms with Crippen molar-refractivity contribution in [2.45, 2.75) is 6.92 Å². The van der Waals surface area contributed by atoms with Crippen molar-refractivity contribution in [2.24, 2.45) is 0 Å². The van der Waals surface area contributed by atoms with E-state index in [0.717, 1.165) is 17.7 Å². The summed E-state index contributed by atoms with van der Waals surface area (Å²) in [4.78, 5) is 10.7. The van der Waals surface area contributed by atoms with Crippen LogP contribution in [0.25, 0.3) is 0 Å². The predicted octanol–water partition coefficient (Wildman–Crippen LogP) is 3.72. The van der Waals surface area contributed by atoms with Crippen molar-refractivity contribution in [3.05, 3.63) is 53.1 Å². The SMILES string of the molecule is COc1ccc(C)cc1Nc1c(F)cc(C(=O)O)cc1F. The summed E-state index contributed by atoms with van der Waals surface area (Å²) in [5.74, 6) is -2.96. The number of rotatable bonds is 4. The Bertz CT molecular complexity index is 678. The molecule has 0 saturated carbocycles. The van der Waals surface area contributed by atoms with Gasteiger partial charge in [0.25, 0.3) is 0 Å². The Hall–Kier alpha value is -2.63. The molecule has 0 aliphatic heterocycles. The van der Waals surface area contributed by atoms with Crippen LogP contribution < -0.4 is 10.1 Å². The quantitative estimate of drug-likeness (QED) is 0.902. The monoisotopic (exact) mass is 293 g/mol. The molecule has 0 heterocycles. The van der Waals surface area contributed by atoms with Crippen LogP contribution in [0.1, 0.15) is 15.9 Å². The molecule has 0 bridgehead atoms. The number of carboxylic acid groups (broad SMARTS) is 1. The van der Waals surface area contributed by atoms with Gasteiger partial charge in [-0.3, -0.25) is 0 Å². The third-order valence-electron chi connectivity index (χ3n) is 2.90. The summed E-state index contributed by atoms with van der Waals surface area (Å²) in [6, 6.07) is 6.65. The molecule has 0 radical (unpaired) electrons. The van der Waals surface area contributed by atoms with Crippen molar-refractivity contribution in [1.82, 2.24) is 0 Å². The number of ether oxygens (including phenoxy) is 1. The average molecular weight is 293 g/mol. The molecule has 110 valence electrons. The summed E-state index contributed by atoms with van der Waals surface area (Å²) in [6.45, 7) is 1.82. The summed E-state index contributed by atoms with van der Waals surface area (Å²) in [6.07, 6.45) is 0. The number of methoxy groups -OCH3 is 1. The van der Waals surface area contributed by atoms with Crippen molar-refractivity contribution in [3.63, 3.8) is 0 Å². The Morgan fingerprint density at radius 3 is 2.33 bits per heavy atom. The highest BCUT2D eigenvalue weighted by atomic mass is 19.1. The van der Waals surface area contributed by atoms with E-state index in [1.54, 1.807) is 18.2 Å². The fraction of sp³-hybridized carbons (Fsp3) is 0.133. The molecular formula is C15H13F2NO3. The van der Waals surface area contributed by atoms with Gasteiger partial charge in [0.15, 0.2) is 11.6 Å². The Kier molecular flexibility index (Phi) is 4.07. The van der Waals surface area contributed by atoms with Gasteiger partial charge < -0.3 is 15.2 Å². The van der Waals surface area contributed by atoms with E-state index in [0.29, 0.717) is 11.4 Å². The van der Waals surface area contributed by atoms with Crippen LogP contribution in [0.4, 0.5) is 20.2 Å². The topological polar surface area (TPSA) is 58.6 Å². The van der Waals surface area contributed by atoms with Crippen LogP contribution in [-0.4, -0.2) is 18.2 Å². The summed E-state index contributed by atoms with van der Waals surface area (Å²) < 4.78 is 32.9. The Labute approximate surface area is 120 Å². The third kappa shape index (κ3) is 3.10. The smallest absolute Gasteiger partial charge is 0.335 e. The molecule has 0 saturated heterocycles. The number of carbonyl (C=O) groups is 1. The van der Waals surface area contributed by atoms with E-state index in [2.05, 4.69) is 5.32 Å². The van der Waals surface area contributed by atoms with Crippen molar-refractivity contribution < 1.29 is 23.4 Å². The number of halogens is 2. The van der Waals surface area contributed by atoms with Gasteiger partial charge in [-0.2, -0.15) is 0 Å². The minimum atomic E-state index is -1.40. The Morgan fingerprint density at radius 2 is 1.81 bits per heavy atom. The maximum atomic E-state index is 13.9. The van der Waals surface area contributed by atoms with Gasteiger partial charge in [0.1, 0.15) is 11.4 Å². The summed E-state index contributed by atoms with van der Waals surface area (Å²) in [5.41, 5.74) is 0.385. The Balaban J connectivity index is 2.45. The van der Waals surface area contributed by atoms with Gasteiger partial charge in [0, 0.05) is 0 Å². The molecule has 2 aromatic rings. The highest BCUT2D eigenvalue weighted by Crippen LogP contribution is 2.31. The highest BCUT2D eigenvalue weighted by molar-refractivity contribution is 5.88. The molecule has 2 aromatic carbocycles. The molecule has 0 spiro atoms. The van der Waals surface area contributed by atoms with Gasteiger partial charge >= 0.3 is 5.97 Å². The number of hydrogen-bond donors (Lipinski definition) is 2. The van der Waals surface area contributed by atoms with Gasteiger partial charge in [-0.15, -0.1) is 0 Å². The zero-order valence-corrected chi connectivity index (χ0v) is 11.4. The summed E-state index contributed by atoms with van der Waals surface area (Å²) in [7, 11) is 1.44. The minimum Gasteiger partial charge on any atom is -0.495 e. The molecule has 6 heteroatoms. The zero-order chi connectivity index (χ0) is 15.6. The molecule has 0 unspecified atom stereocenters. The van der Waals surface area contributed by atoms with Crippen molar-refractivity contribution in [3.8, 4) is 5.75 Å². The van der Waals surface area contributed by atoms with Gasteiger partial charge in [-0.05, 0) is 36.8 Å². The molecule has 21 heavy (non-hydrogen) atoms. The van der Waals surface area contributed by atoms with Crippen LogP contribution in [0, 0.1) is 18.6 Å². The lowest BCUT2D eigenvalue weighted by Gasteiger charge is -2.13. The first kappa shape index (κ1) is 14.8. The van der Waals surface area contributed by atoms with Gasteiger partial charge in [-0.1, -0.05) is 6.07 Å². The highest BCUT2D eigenvalue weighted by Gasteiger charge is 2.16. The standard InChI is InChI=1S/C15H13F2NO3/c1-8-3-4-13(21-2)12(5-8)18-14-10(16)6-9(15(19)20)7-11(14)17/h3-7,18H,1-2H3,(H,19,20). The Morgan fingerprint density at radius 1 is 1.19 bits per heavy atom. The second kappa shape index (κ2) is 5.78. The van der Waals surface area contributed by atoms with Crippen LogP contribution in [0.2, 0.25) is 0 Å². The van der Waals surface area contributed by atoms with E-state index >= 15 is 0 Å². The third-order valence-corrected chi connectivity index (χ3v) is 2.90. The second-order valence-electron chi connectivity index (χ2n) is 4.45. The minimum absolute atomic E-state index is 0.387. The van der Waals surface area contributed by atoms with E-state index in [1.165, 1.54) is 7.11 Å². The number of carboxylic acids is 1. The summed E-state index contributed by atoms with van der Waals surface area (Å²) >= 11 is 0. The van der Waals surface area contributed by atoms with Crippen LogP contribution in [0.5, 0.6) is 5.75 Å². The van der Waals surface area contributed by atoms with Crippen LogP contribution in [-0.2, 0) is 0 Å². The molecule has 2 rings (SSSR count). The van der Waals surface area contributed by atoms with Crippen molar-refractivity contribution in [2.75, 3.05) is 12.4 Å². The molecule has 0 atom stereocenters. The molecule has 2 N–H and O–H groups in total. The number of nitrogens with one attached hydrogen (secondary N) is 1. The lowest BCUT2D eigenvalue weighted by Crippen LogP contribution is -2.04. The normalized spacial score (nSPS) is 10.3. The van der Waals surface area contributed by atoms with Crippen molar-refractivity contribution in [1.29, 1.82) is 0 Å². The van der Waals surface area contributed by atoms with Gasteiger partial charge in [0.05, 0.1) is 18.4 Å². The van der Waals surface area contributed by atoms with E-state index in [4.69, 9.17) is 9.84 Å². The average Bonchev–Trinajstić information content (AvgIpc) is 2.42. The maximum Gasteiger partial charge on any atom is 0.335 e. The van der Waals surface area contributed by atoms with Crippen LogP contribution in [0.3, 0.4) is 0 Å². The van der Waals surface area contributed by atoms with E-state index in [1.807, 2.05) is 6.92 Å². The van der Waals surface area contributed by atoms with Crippen LogP contribution >= 0.6 is 0 Å². The first-order valence-electron chi connectivity index (χ1n) is 6.06. The molecule has 4 nitrogen and oxygen atoms in total. The van der Waals surface area contributed by atoms with E-state index in [9.17, 15) is 13.6 Å². The van der Waals surface area contributed by atoms with Gasteiger partial charge in [0.2, 0.25) is 0 Å². The number of benzene rings is 2. The fourth-order valence-electron chi connectivity index (χ4n) is 1.87. The largest absolute Gasteiger partial charge is 0.495 e. The number of anilines is 2. The van der Waals surface area contributed by atoms with E-state index in [-0.39, 0.29) is 0 Å². The first-order chi connectivity index (χ1) is 9.92. The predicted molar refractivity (Wildman–Crippen MR) is 74.3 cm³/mol. The maximum absolute atomic E-state index is 13.9. The fourth-order valence-corrected chi connectivity index (χ4v) is 1.87. The van der Waals surface area contributed by atoms with E-state index < -0.39 is 28.9 Å². The lowest BCUT2D eigenvalue weighted by molar-refractivity contribution is 0.0696. The van der Waals surface area contributed by atoms with Gasteiger partial charge in [-0.25, -0.2) is 13.6 Å². The molecule has 0 aromatic heterocycles. The second-order valence-corrected chi connectivity index (χ2v) is 4.45. The lowest BCUT2D eigenvalue weighted by atomic mass is 10.1. The number of aromatic carboxylic acids is 1. The number of aryl methyl sites for hydroxylation is 1. The zero-order valence-electron chi connectivity index (χ0n) is 11.4. The molecule has 0 amide bonds. The van der Waals surface area contributed by atoms with Crippen molar-refractivity contribution >= 4 is 17.3 Å². The first-order valence-corrected chi connectivity index (χ1v) is 6.06. The summed E-state index contributed by atoms with van der Waals surface area (Å²) in [5, 5.41) is 11.4. The number of hydrogen-bond acceptors (Lipinski definition) is 3. The van der Waals surface area contributed by atoms with Crippen LogP contribution in [0.15, 0.2) is 30.3 Å². The molecule has 0 fully saturated rings. The molecule has 0 aliphatic rings. The molecule has 0 aliphatic carbocycles. The molecular weight excluding hydrogens is 280 g/mol.